The number of likely N-dealkylation sites (tertiary alicyclic amines) is 1. The Morgan fingerprint density at radius 3 is 2.55 bits per heavy atom. The molecule has 0 radical (unpaired) electrons. The topological polar surface area (TPSA) is 70.5 Å². The maximum absolute atomic E-state index is 12.7. The van der Waals surface area contributed by atoms with Crippen LogP contribution in [-0.2, 0) is 4.79 Å². The Bertz CT molecular complexity index is 968. The van der Waals surface area contributed by atoms with Gasteiger partial charge in [-0.05, 0) is 57.8 Å². The molecule has 1 aromatic heterocycles. The van der Waals surface area contributed by atoms with E-state index in [0.717, 1.165) is 32.1 Å². The Kier molecular flexibility index (Phi) is 7.60. The molecule has 2 aromatic rings. The quantitative estimate of drug-likeness (QED) is 0.594. The van der Waals surface area contributed by atoms with E-state index in [0.29, 0.717) is 37.8 Å². The van der Waals surface area contributed by atoms with Crippen molar-refractivity contribution in [3.63, 3.8) is 0 Å². The van der Waals surface area contributed by atoms with Crippen LogP contribution >= 0.6 is 0 Å². The van der Waals surface area contributed by atoms with Crippen molar-refractivity contribution in [1.29, 1.82) is 0 Å². The van der Waals surface area contributed by atoms with Gasteiger partial charge in [0.2, 0.25) is 5.91 Å². The van der Waals surface area contributed by atoms with Gasteiger partial charge in [-0.2, -0.15) is 5.10 Å². The van der Waals surface area contributed by atoms with Crippen LogP contribution in [0.25, 0.3) is 0 Å². The number of piperidine rings is 1. The minimum Gasteiger partial charge on any atom is -0.353 e. The molecule has 1 atom stereocenters. The molecular formula is C26H35N5O2. The van der Waals surface area contributed by atoms with Gasteiger partial charge in [0.15, 0.2) is 0 Å². The van der Waals surface area contributed by atoms with Gasteiger partial charge in [0.25, 0.3) is 5.91 Å². The first-order valence-corrected chi connectivity index (χ1v) is 12.0. The second kappa shape index (κ2) is 10.8. The van der Waals surface area contributed by atoms with Crippen LogP contribution in [0.1, 0.15) is 66.7 Å². The molecule has 1 N–H and O–H groups in total. The van der Waals surface area contributed by atoms with E-state index >= 15 is 0 Å². The molecule has 2 aliphatic rings. The third kappa shape index (κ3) is 6.32. The summed E-state index contributed by atoms with van der Waals surface area (Å²) < 4.78 is 1.92. The van der Waals surface area contributed by atoms with Crippen LogP contribution in [-0.4, -0.2) is 65.1 Å². The number of carbonyl (C=O) groups is 2. The molecule has 1 unspecified atom stereocenters. The number of amides is 2. The molecule has 0 spiro atoms. The Morgan fingerprint density at radius 1 is 1.15 bits per heavy atom. The van der Waals surface area contributed by atoms with Crippen molar-refractivity contribution >= 4 is 11.8 Å². The first-order chi connectivity index (χ1) is 16.0. The molecule has 7 heteroatoms. The number of aromatic nitrogens is 2. The summed E-state index contributed by atoms with van der Waals surface area (Å²) in [4.78, 5) is 29.1. The smallest absolute Gasteiger partial charge is 0.274 e. The largest absolute Gasteiger partial charge is 0.353 e. The van der Waals surface area contributed by atoms with E-state index in [4.69, 9.17) is 0 Å². The van der Waals surface area contributed by atoms with Crippen molar-refractivity contribution in [2.24, 2.45) is 0 Å². The molecule has 176 valence electrons. The lowest BCUT2D eigenvalue weighted by Crippen LogP contribution is -2.36. The van der Waals surface area contributed by atoms with Crippen molar-refractivity contribution in [2.45, 2.75) is 50.6 Å². The van der Waals surface area contributed by atoms with Gasteiger partial charge in [0.05, 0.1) is 6.04 Å². The zero-order valence-corrected chi connectivity index (χ0v) is 19.7. The van der Waals surface area contributed by atoms with Crippen LogP contribution in [0.3, 0.4) is 0 Å². The molecular weight excluding hydrogens is 414 g/mol. The standard InChI is InChI=1S/C26H35N5O2/c1-29(2)24(21-6-4-3-5-7-21)10-11-25(32)27-16-12-20-13-17-30(18-14-20)26(33)23-15-19-31(28-23)22-8-9-22/h3-7,12,15,19,22,24H,8-11,13-14,16-18H2,1-2H3,(H,27,32). The Labute approximate surface area is 196 Å². The molecule has 1 saturated heterocycles. The lowest BCUT2D eigenvalue weighted by atomic mass is 10.0. The molecule has 7 nitrogen and oxygen atoms in total. The summed E-state index contributed by atoms with van der Waals surface area (Å²) in [6.07, 6.45) is 9.33. The molecule has 33 heavy (non-hydrogen) atoms. The molecule has 1 aromatic carbocycles. The van der Waals surface area contributed by atoms with Crippen LogP contribution in [0, 0.1) is 0 Å². The fourth-order valence-corrected chi connectivity index (χ4v) is 4.42. The fourth-order valence-electron chi connectivity index (χ4n) is 4.42. The molecule has 4 rings (SSSR count). The summed E-state index contributed by atoms with van der Waals surface area (Å²) >= 11 is 0. The highest BCUT2D eigenvalue weighted by atomic mass is 16.2. The molecule has 2 heterocycles. The summed E-state index contributed by atoms with van der Waals surface area (Å²) in [5.74, 6) is 0.101. The van der Waals surface area contributed by atoms with Gasteiger partial charge in [0.1, 0.15) is 5.69 Å². The summed E-state index contributed by atoms with van der Waals surface area (Å²) in [5.41, 5.74) is 3.09. The van der Waals surface area contributed by atoms with Crippen molar-refractivity contribution in [3.05, 3.63) is 65.5 Å². The lowest BCUT2D eigenvalue weighted by molar-refractivity contribution is -0.121. The van der Waals surface area contributed by atoms with Gasteiger partial charge in [-0.25, -0.2) is 0 Å². The second-order valence-electron chi connectivity index (χ2n) is 9.30. The van der Waals surface area contributed by atoms with Crippen LogP contribution < -0.4 is 5.32 Å². The average Bonchev–Trinajstić information content (AvgIpc) is 3.56. The number of hydrogen-bond acceptors (Lipinski definition) is 4. The van der Waals surface area contributed by atoms with E-state index in [1.165, 1.54) is 11.1 Å². The van der Waals surface area contributed by atoms with Crippen LogP contribution in [0.2, 0.25) is 0 Å². The number of nitrogens with zero attached hydrogens (tertiary/aromatic N) is 4. The van der Waals surface area contributed by atoms with Gasteiger partial charge < -0.3 is 15.1 Å². The summed E-state index contributed by atoms with van der Waals surface area (Å²) in [6.45, 7) is 1.96. The molecule has 1 saturated carbocycles. The van der Waals surface area contributed by atoms with Crippen molar-refractivity contribution in [1.82, 2.24) is 24.9 Å². The number of carbonyl (C=O) groups excluding carboxylic acids is 2. The fraction of sp³-hybridized carbons (Fsp3) is 0.500. The monoisotopic (exact) mass is 449 g/mol. The van der Waals surface area contributed by atoms with E-state index in [2.05, 4.69) is 47.6 Å². The lowest BCUT2D eigenvalue weighted by Gasteiger charge is -2.28. The third-order valence-electron chi connectivity index (χ3n) is 6.58. The summed E-state index contributed by atoms with van der Waals surface area (Å²) in [7, 11) is 4.10. The minimum atomic E-state index is 0.0237. The second-order valence-corrected chi connectivity index (χ2v) is 9.30. The van der Waals surface area contributed by atoms with Gasteiger partial charge in [0, 0.05) is 38.3 Å². The Morgan fingerprint density at radius 2 is 1.88 bits per heavy atom. The van der Waals surface area contributed by atoms with E-state index in [1.54, 1.807) is 0 Å². The van der Waals surface area contributed by atoms with Crippen LogP contribution in [0.5, 0.6) is 0 Å². The Balaban J connectivity index is 1.18. The maximum Gasteiger partial charge on any atom is 0.274 e. The van der Waals surface area contributed by atoms with E-state index in [9.17, 15) is 9.59 Å². The summed E-state index contributed by atoms with van der Waals surface area (Å²) in [5, 5.41) is 7.48. The highest BCUT2D eigenvalue weighted by Gasteiger charge is 2.27. The zero-order chi connectivity index (χ0) is 23.2. The minimum absolute atomic E-state index is 0.0237. The predicted octanol–water partition coefficient (Wildman–Crippen LogP) is 3.58. The summed E-state index contributed by atoms with van der Waals surface area (Å²) in [6, 6.07) is 12.9. The Hall–Kier alpha value is -2.93. The number of nitrogens with one attached hydrogen (secondary N) is 1. The molecule has 1 aliphatic heterocycles. The zero-order valence-electron chi connectivity index (χ0n) is 19.7. The van der Waals surface area contributed by atoms with E-state index < -0.39 is 0 Å². The predicted molar refractivity (Wildman–Crippen MR) is 129 cm³/mol. The highest BCUT2D eigenvalue weighted by Crippen LogP contribution is 2.34. The van der Waals surface area contributed by atoms with Gasteiger partial charge in [-0.15, -0.1) is 0 Å². The van der Waals surface area contributed by atoms with Gasteiger partial charge in [-0.1, -0.05) is 42.0 Å². The van der Waals surface area contributed by atoms with E-state index in [-0.39, 0.29) is 17.9 Å². The first kappa shape index (κ1) is 23.2. The molecule has 2 fully saturated rings. The van der Waals surface area contributed by atoms with Crippen LogP contribution in [0.15, 0.2) is 54.2 Å². The van der Waals surface area contributed by atoms with Crippen molar-refractivity contribution in [3.8, 4) is 0 Å². The van der Waals surface area contributed by atoms with Crippen molar-refractivity contribution in [2.75, 3.05) is 33.7 Å². The number of rotatable bonds is 9. The van der Waals surface area contributed by atoms with Crippen molar-refractivity contribution < 1.29 is 9.59 Å². The van der Waals surface area contributed by atoms with Crippen LogP contribution in [0.4, 0.5) is 0 Å². The first-order valence-electron chi connectivity index (χ1n) is 12.0. The maximum atomic E-state index is 12.7. The average molecular weight is 450 g/mol. The molecule has 2 amide bonds. The van der Waals surface area contributed by atoms with Gasteiger partial charge in [-0.3, -0.25) is 14.3 Å². The SMILES string of the molecule is CN(C)C(CCC(=O)NCC=C1CCN(C(=O)c2ccn(C3CC3)n2)CC1)c1ccccc1. The third-order valence-corrected chi connectivity index (χ3v) is 6.58. The highest BCUT2D eigenvalue weighted by molar-refractivity contribution is 5.92. The number of hydrogen-bond donors (Lipinski definition) is 1. The molecule has 0 bridgehead atoms. The molecule has 1 aliphatic carbocycles. The van der Waals surface area contributed by atoms with E-state index in [1.807, 2.05) is 40.0 Å². The number of benzene rings is 1. The normalized spacial score (nSPS) is 17.2. The van der Waals surface area contributed by atoms with Gasteiger partial charge >= 0.3 is 0 Å².